The standard InChI is InChI=1S/C13H11BrIO/c1-16-13-7-5-11(6-8-13)15-12-4-2-3-10(14)9-12/h2-9H,1H3/q+1. The SMILES string of the molecule is COc1ccc([I+]c2cccc(Br)c2)cc1. The van der Waals surface area contributed by atoms with Gasteiger partial charge in [-0.2, -0.15) is 0 Å². The minimum Gasteiger partial charge on any atom is -0.497 e. The molecule has 0 radical (unpaired) electrons. The van der Waals surface area contributed by atoms with Crippen LogP contribution in [0.25, 0.3) is 0 Å². The van der Waals surface area contributed by atoms with E-state index in [4.69, 9.17) is 4.74 Å². The number of halogens is 2. The third kappa shape index (κ3) is 3.22. The number of benzene rings is 2. The van der Waals surface area contributed by atoms with Crippen LogP contribution in [0.2, 0.25) is 0 Å². The maximum Gasteiger partial charge on any atom is 0.357 e. The van der Waals surface area contributed by atoms with Gasteiger partial charge >= 0.3 is 21.2 Å². The first-order chi connectivity index (χ1) is 7.78. The van der Waals surface area contributed by atoms with E-state index in [0.717, 1.165) is 10.2 Å². The third-order valence-corrected chi connectivity index (χ3v) is 5.18. The Labute approximate surface area is 114 Å². The second-order valence-electron chi connectivity index (χ2n) is 3.19. The van der Waals surface area contributed by atoms with Crippen LogP contribution >= 0.6 is 15.9 Å². The summed E-state index contributed by atoms with van der Waals surface area (Å²) in [6.07, 6.45) is 0. The molecular weight excluding hydrogens is 379 g/mol. The highest BCUT2D eigenvalue weighted by Crippen LogP contribution is 2.07. The topological polar surface area (TPSA) is 9.23 Å². The molecule has 0 bridgehead atoms. The van der Waals surface area contributed by atoms with Crippen LogP contribution in [0.3, 0.4) is 0 Å². The normalized spacial score (nSPS) is 10.1. The second-order valence-corrected chi connectivity index (χ2v) is 7.14. The zero-order chi connectivity index (χ0) is 11.4. The van der Waals surface area contributed by atoms with Crippen LogP contribution in [0.5, 0.6) is 5.75 Å². The van der Waals surface area contributed by atoms with Gasteiger partial charge < -0.3 is 4.74 Å². The van der Waals surface area contributed by atoms with Crippen molar-refractivity contribution in [3.05, 3.63) is 60.1 Å². The Morgan fingerprint density at radius 1 is 1.00 bits per heavy atom. The second kappa shape index (κ2) is 5.68. The predicted octanol–water partition coefficient (Wildman–Crippen LogP) is 0.586. The summed E-state index contributed by atoms with van der Waals surface area (Å²) in [6.45, 7) is 0. The fourth-order valence-corrected chi connectivity index (χ4v) is 4.42. The summed E-state index contributed by atoms with van der Waals surface area (Å²) in [6, 6.07) is 16.9. The number of hydrogen-bond donors (Lipinski definition) is 0. The minimum absolute atomic E-state index is 0.0917. The van der Waals surface area contributed by atoms with Crippen LogP contribution in [0.4, 0.5) is 0 Å². The van der Waals surface area contributed by atoms with Crippen molar-refractivity contribution < 1.29 is 25.9 Å². The molecule has 0 unspecified atom stereocenters. The first kappa shape index (κ1) is 11.9. The van der Waals surface area contributed by atoms with Gasteiger partial charge in [0.2, 0.25) is 0 Å². The lowest BCUT2D eigenvalue weighted by molar-refractivity contribution is -0.597. The smallest absolute Gasteiger partial charge is 0.357 e. The van der Waals surface area contributed by atoms with Gasteiger partial charge in [0, 0.05) is 10.5 Å². The zero-order valence-corrected chi connectivity index (χ0v) is 12.5. The molecule has 2 rings (SSSR count). The van der Waals surface area contributed by atoms with E-state index < -0.39 is 0 Å². The van der Waals surface area contributed by atoms with E-state index >= 15 is 0 Å². The summed E-state index contributed by atoms with van der Waals surface area (Å²) in [7, 11) is 1.69. The molecule has 0 saturated carbocycles. The molecule has 0 heterocycles. The Hall–Kier alpha value is -0.550. The predicted molar refractivity (Wildman–Crippen MR) is 64.5 cm³/mol. The summed E-state index contributed by atoms with van der Waals surface area (Å²) in [4.78, 5) is 0. The van der Waals surface area contributed by atoms with Crippen LogP contribution in [0, 0.1) is 7.14 Å². The van der Waals surface area contributed by atoms with E-state index in [1.165, 1.54) is 7.14 Å². The zero-order valence-electron chi connectivity index (χ0n) is 8.78. The van der Waals surface area contributed by atoms with E-state index in [2.05, 4.69) is 52.3 Å². The van der Waals surface area contributed by atoms with Crippen molar-refractivity contribution in [2.75, 3.05) is 7.11 Å². The molecule has 0 aliphatic heterocycles. The van der Waals surface area contributed by atoms with Crippen LogP contribution < -0.4 is 25.9 Å². The largest absolute Gasteiger partial charge is 0.497 e. The lowest BCUT2D eigenvalue weighted by atomic mass is 10.3. The molecule has 0 aliphatic carbocycles. The van der Waals surface area contributed by atoms with E-state index in [9.17, 15) is 0 Å². The van der Waals surface area contributed by atoms with Gasteiger partial charge in [-0.3, -0.25) is 0 Å². The van der Waals surface area contributed by atoms with Crippen LogP contribution in [0.1, 0.15) is 0 Å². The molecule has 0 saturated heterocycles. The first-order valence-corrected chi connectivity index (χ1v) is 7.77. The molecule has 0 aliphatic rings. The molecule has 16 heavy (non-hydrogen) atoms. The Bertz CT molecular complexity index is 468. The summed E-state index contributed by atoms with van der Waals surface area (Å²) in [5, 5.41) is 0. The number of methoxy groups -OCH3 is 1. The molecule has 82 valence electrons. The molecule has 1 nitrogen and oxygen atoms in total. The highest BCUT2D eigenvalue weighted by atomic mass is 127. The van der Waals surface area contributed by atoms with Gasteiger partial charge in [-0.05, 0) is 36.4 Å². The summed E-state index contributed by atoms with van der Waals surface area (Å²) in [5.74, 6) is 0.919. The quantitative estimate of drug-likeness (QED) is 0.698. The summed E-state index contributed by atoms with van der Waals surface area (Å²) < 4.78 is 9.11. The Balaban J connectivity index is 2.14. The van der Waals surface area contributed by atoms with Crippen molar-refractivity contribution in [2.45, 2.75) is 0 Å². The monoisotopic (exact) mass is 389 g/mol. The molecule has 0 fully saturated rings. The number of ether oxygens (including phenoxy) is 1. The van der Waals surface area contributed by atoms with Gasteiger partial charge in [-0.1, -0.05) is 22.0 Å². The van der Waals surface area contributed by atoms with Crippen molar-refractivity contribution in [1.29, 1.82) is 0 Å². The summed E-state index contributed by atoms with van der Waals surface area (Å²) >= 11 is 3.40. The fourth-order valence-electron chi connectivity index (χ4n) is 1.28. The van der Waals surface area contributed by atoms with Gasteiger partial charge in [0.25, 0.3) is 0 Å². The Morgan fingerprint density at radius 2 is 1.75 bits per heavy atom. The van der Waals surface area contributed by atoms with Gasteiger partial charge in [0.05, 0.1) is 7.11 Å². The van der Waals surface area contributed by atoms with Crippen molar-refractivity contribution in [3.63, 3.8) is 0 Å². The van der Waals surface area contributed by atoms with Crippen LogP contribution in [-0.2, 0) is 0 Å². The Kier molecular flexibility index (Phi) is 4.23. The average molecular weight is 390 g/mol. The van der Waals surface area contributed by atoms with Gasteiger partial charge in [0.15, 0.2) is 7.14 Å². The lowest BCUT2D eigenvalue weighted by Gasteiger charge is -1.95. The number of rotatable bonds is 3. The molecule has 3 heteroatoms. The number of hydrogen-bond acceptors (Lipinski definition) is 1. The van der Waals surface area contributed by atoms with Crippen molar-refractivity contribution >= 4 is 15.9 Å². The van der Waals surface area contributed by atoms with E-state index in [0.29, 0.717) is 0 Å². The molecular formula is C13H11BrIO+. The third-order valence-electron chi connectivity index (χ3n) is 2.05. The molecule has 0 aromatic heterocycles. The minimum atomic E-state index is -0.0917. The maximum atomic E-state index is 5.14. The lowest BCUT2D eigenvalue weighted by Crippen LogP contribution is -3.61. The fraction of sp³-hybridized carbons (Fsp3) is 0.0769. The molecule has 0 N–H and O–H groups in total. The molecule has 0 spiro atoms. The van der Waals surface area contributed by atoms with Crippen LogP contribution in [0.15, 0.2) is 53.0 Å². The molecule has 2 aromatic rings. The van der Waals surface area contributed by atoms with Gasteiger partial charge in [-0.15, -0.1) is 0 Å². The van der Waals surface area contributed by atoms with Crippen molar-refractivity contribution in [2.24, 2.45) is 0 Å². The van der Waals surface area contributed by atoms with Crippen molar-refractivity contribution in [1.82, 2.24) is 0 Å². The maximum absolute atomic E-state index is 5.14. The van der Waals surface area contributed by atoms with Crippen LogP contribution in [-0.4, -0.2) is 7.11 Å². The molecule has 0 atom stereocenters. The highest BCUT2D eigenvalue weighted by Gasteiger charge is 2.15. The molecule has 0 amide bonds. The van der Waals surface area contributed by atoms with Crippen molar-refractivity contribution in [3.8, 4) is 5.75 Å². The first-order valence-electron chi connectivity index (χ1n) is 4.82. The summed E-state index contributed by atoms with van der Waals surface area (Å²) in [5.41, 5.74) is 0. The average Bonchev–Trinajstić information content (AvgIpc) is 2.30. The highest BCUT2D eigenvalue weighted by molar-refractivity contribution is 9.10. The van der Waals surface area contributed by atoms with Gasteiger partial charge in [0.1, 0.15) is 5.75 Å². The van der Waals surface area contributed by atoms with Gasteiger partial charge in [-0.25, -0.2) is 0 Å². The van der Waals surface area contributed by atoms with E-state index in [-0.39, 0.29) is 21.2 Å². The van der Waals surface area contributed by atoms with E-state index in [1.807, 2.05) is 12.1 Å². The Morgan fingerprint density at radius 3 is 2.38 bits per heavy atom. The van der Waals surface area contributed by atoms with E-state index in [1.54, 1.807) is 7.11 Å². The molecule has 2 aromatic carbocycles.